The SMILES string of the molecule is CCCCCCCCN1CCN(c2ccc(S(=O)(=O)Oc3cc(Br)cc(Br)c3)cc2)C1=O. The predicted molar refractivity (Wildman–Crippen MR) is 134 cm³/mol. The summed E-state index contributed by atoms with van der Waals surface area (Å²) in [6, 6.07) is 11.2. The second-order valence-electron chi connectivity index (χ2n) is 7.83. The Kier molecular flexibility index (Phi) is 9.02. The fourth-order valence-corrected chi connectivity index (χ4v) is 5.82. The highest BCUT2D eigenvalue weighted by Gasteiger charge is 2.29. The molecule has 9 heteroatoms. The molecule has 1 aliphatic rings. The van der Waals surface area contributed by atoms with Crippen LogP contribution in [0.3, 0.4) is 0 Å². The Bertz CT molecular complexity index is 1010. The molecule has 0 radical (unpaired) electrons. The first-order valence-corrected chi connectivity index (χ1v) is 13.9. The number of carbonyl (C=O) groups is 1. The molecule has 32 heavy (non-hydrogen) atoms. The zero-order chi connectivity index (χ0) is 23.1. The Morgan fingerprint density at radius 1 is 0.906 bits per heavy atom. The van der Waals surface area contributed by atoms with Crippen molar-refractivity contribution in [2.24, 2.45) is 0 Å². The summed E-state index contributed by atoms with van der Waals surface area (Å²) in [6.45, 7) is 4.26. The monoisotopic (exact) mass is 586 g/mol. The quantitative estimate of drug-likeness (QED) is 0.220. The van der Waals surface area contributed by atoms with Gasteiger partial charge in [0.05, 0.1) is 0 Å². The average molecular weight is 588 g/mol. The van der Waals surface area contributed by atoms with Crippen LogP contribution in [-0.2, 0) is 10.1 Å². The number of amides is 2. The van der Waals surface area contributed by atoms with Gasteiger partial charge < -0.3 is 9.08 Å². The Labute approximate surface area is 207 Å². The highest BCUT2D eigenvalue weighted by atomic mass is 79.9. The number of urea groups is 1. The number of rotatable bonds is 11. The number of hydrogen-bond donors (Lipinski definition) is 0. The lowest BCUT2D eigenvalue weighted by Gasteiger charge is -2.19. The Hall–Kier alpha value is -1.58. The minimum absolute atomic E-state index is 0.0237. The highest BCUT2D eigenvalue weighted by Crippen LogP contribution is 2.28. The van der Waals surface area contributed by atoms with E-state index in [1.54, 1.807) is 35.2 Å². The van der Waals surface area contributed by atoms with E-state index < -0.39 is 10.1 Å². The molecule has 0 saturated carbocycles. The van der Waals surface area contributed by atoms with Crippen LogP contribution in [0.1, 0.15) is 45.4 Å². The zero-order valence-corrected chi connectivity index (χ0v) is 22.1. The van der Waals surface area contributed by atoms with E-state index in [9.17, 15) is 13.2 Å². The topological polar surface area (TPSA) is 66.9 Å². The summed E-state index contributed by atoms with van der Waals surface area (Å²) in [7, 11) is -3.99. The molecule has 0 unspecified atom stereocenters. The van der Waals surface area contributed by atoms with Gasteiger partial charge in [-0.2, -0.15) is 8.42 Å². The lowest BCUT2D eigenvalue weighted by Crippen LogP contribution is -2.32. The Morgan fingerprint density at radius 2 is 1.53 bits per heavy atom. The van der Waals surface area contributed by atoms with E-state index in [0.717, 1.165) is 19.4 Å². The van der Waals surface area contributed by atoms with Crippen LogP contribution in [-0.4, -0.2) is 39.0 Å². The largest absolute Gasteiger partial charge is 0.379 e. The number of halogens is 2. The molecule has 0 aromatic heterocycles. The van der Waals surface area contributed by atoms with Gasteiger partial charge in [-0.1, -0.05) is 70.9 Å². The molecule has 3 rings (SSSR count). The Balaban J connectivity index is 1.58. The van der Waals surface area contributed by atoms with Crippen molar-refractivity contribution in [1.29, 1.82) is 0 Å². The van der Waals surface area contributed by atoms with Gasteiger partial charge in [0.2, 0.25) is 0 Å². The van der Waals surface area contributed by atoms with Crippen molar-refractivity contribution in [3.05, 3.63) is 51.4 Å². The second kappa shape index (κ2) is 11.5. The molecule has 1 saturated heterocycles. The molecular formula is C23H28Br2N2O4S. The van der Waals surface area contributed by atoms with E-state index in [4.69, 9.17) is 4.18 Å². The van der Waals surface area contributed by atoms with Gasteiger partial charge in [0.25, 0.3) is 0 Å². The summed E-state index contributed by atoms with van der Waals surface area (Å²) in [4.78, 5) is 16.4. The molecule has 1 fully saturated rings. The lowest BCUT2D eigenvalue weighted by molar-refractivity contribution is 0.219. The molecule has 1 heterocycles. The van der Waals surface area contributed by atoms with Crippen molar-refractivity contribution >= 4 is 53.7 Å². The van der Waals surface area contributed by atoms with Gasteiger partial charge in [0, 0.05) is 34.3 Å². The van der Waals surface area contributed by atoms with Crippen LogP contribution in [0.25, 0.3) is 0 Å². The molecule has 0 bridgehead atoms. The molecule has 2 aromatic carbocycles. The lowest BCUT2D eigenvalue weighted by atomic mass is 10.1. The van der Waals surface area contributed by atoms with E-state index in [1.807, 2.05) is 4.90 Å². The van der Waals surface area contributed by atoms with Crippen LogP contribution in [0.2, 0.25) is 0 Å². The molecule has 0 aliphatic carbocycles. The first-order valence-electron chi connectivity index (χ1n) is 10.9. The maximum atomic E-state index is 12.8. The third-order valence-corrected chi connectivity index (χ3v) is 7.53. The molecule has 1 aliphatic heterocycles. The van der Waals surface area contributed by atoms with Crippen LogP contribution in [0.5, 0.6) is 5.75 Å². The van der Waals surface area contributed by atoms with E-state index in [-0.39, 0.29) is 16.7 Å². The van der Waals surface area contributed by atoms with Gasteiger partial charge >= 0.3 is 16.1 Å². The fraction of sp³-hybridized carbons (Fsp3) is 0.435. The maximum absolute atomic E-state index is 12.8. The Morgan fingerprint density at radius 3 is 2.19 bits per heavy atom. The van der Waals surface area contributed by atoms with Gasteiger partial charge in [0.1, 0.15) is 10.6 Å². The van der Waals surface area contributed by atoms with Crippen molar-refractivity contribution in [3.63, 3.8) is 0 Å². The number of unbranched alkanes of at least 4 members (excludes halogenated alkanes) is 5. The second-order valence-corrected chi connectivity index (χ2v) is 11.2. The molecule has 2 amide bonds. The fourth-order valence-electron chi connectivity index (χ4n) is 3.66. The summed E-state index contributed by atoms with van der Waals surface area (Å²) >= 11 is 6.64. The smallest absolute Gasteiger partial charge is 0.339 e. The van der Waals surface area contributed by atoms with Crippen molar-refractivity contribution in [3.8, 4) is 5.75 Å². The number of nitrogens with zero attached hydrogens (tertiary/aromatic N) is 2. The van der Waals surface area contributed by atoms with Gasteiger partial charge in [-0.25, -0.2) is 4.79 Å². The molecule has 0 N–H and O–H groups in total. The summed E-state index contributed by atoms with van der Waals surface area (Å²) < 4.78 is 31.9. The number of benzene rings is 2. The van der Waals surface area contributed by atoms with Crippen LogP contribution >= 0.6 is 31.9 Å². The number of hydrogen-bond acceptors (Lipinski definition) is 4. The van der Waals surface area contributed by atoms with Gasteiger partial charge in [0.15, 0.2) is 0 Å². The number of carbonyl (C=O) groups excluding carboxylic acids is 1. The molecular weight excluding hydrogens is 560 g/mol. The molecule has 174 valence electrons. The first-order chi connectivity index (χ1) is 15.3. The van der Waals surface area contributed by atoms with Gasteiger partial charge in [-0.3, -0.25) is 4.90 Å². The first kappa shape index (κ1) is 25.1. The van der Waals surface area contributed by atoms with Gasteiger partial charge in [-0.15, -0.1) is 0 Å². The molecule has 0 spiro atoms. The van der Waals surface area contributed by atoms with E-state index in [1.165, 1.54) is 37.8 Å². The standard InChI is InChI=1S/C23H28Br2N2O4S/c1-2-3-4-5-6-7-12-26-13-14-27(23(26)28)20-8-10-22(11-9-20)32(29,30)31-21-16-18(24)15-19(25)17-21/h8-11,15-17H,2-7,12-14H2,1H3. The van der Waals surface area contributed by atoms with Crippen molar-refractivity contribution < 1.29 is 17.4 Å². The number of anilines is 1. The third kappa shape index (κ3) is 6.71. The third-order valence-electron chi connectivity index (χ3n) is 5.36. The zero-order valence-electron chi connectivity index (χ0n) is 18.1. The van der Waals surface area contributed by atoms with Crippen LogP contribution in [0, 0.1) is 0 Å². The van der Waals surface area contributed by atoms with Crippen LogP contribution < -0.4 is 9.08 Å². The average Bonchev–Trinajstić information content (AvgIpc) is 3.10. The highest BCUT2D eigenvalue weighted by molar-refractivity contribution is 9.11. The summed E-state index contributed by atoms with van der Waals surface area (Å²) in [5.74, 6) is 0.204. The summed E-state index contributed by atoms with van der Waals surface area (Å²) in [5, 5.41) is 0. The van der Waals surface area contributed by atoms with E-state index in [2.05, 4.69) is 38.8 Å². The van der Waals surface area contributed by atoms with E-state index in [0.29, 0.717) is 27.7 Å². The van der Waals surface area contributed by atoms with Crippen LogP contribution in [0.4, 0.5) is 10.5 Å². The minimum Gasteiger partial charge on any atom is -0.379 e. The predicted octanol–water partition coefficient (Wildman–Crippen LogP) is 6.58. The summed E-state index contributed by atoms with van der Waals surface area (Å²) in [5.41, 5.74) is 0.685. The molecule has 6 nitrogen and oxygen atoms in total. The maximum Gasteiger partial charge on any atom is 0.339 e. The molecule has 0 atom stereocenters. The van der Waals surface area contributed by atoms with E-state index >= 15 is 0 Å². The van der Waals surface area contributed by atoms with Crippen molar-refractivity contribution in [2.75, 3.05) is 24.5 Å². The minimum atomic E-state index is -3.99. The van der Waals surface area contributed by atoms with Crippen molar-refractivity contribution in [2.45, 2.75) is 50.3 Å². The van der Waals surface area contributed by atoms with Crippen molar-refractivity contribution in [1.82, 2.24) is 4.90 Å². The molecule has 2 aromatic rings. The summed E-state index contributed by atoms with van der Waals surface area (Å²) in [6.07, 6.45) is 7.14. The van der Waals surface area contributed by atoms with Crippen LogP contribution in [0.15, 0.2) is 56.3 Å². The normalized spacial score (nSPS) is 14.3. The van der Waals surface area contributed by atoms with Gasteiger partial charge in [-0.05, 0) is 48.9 Å².